The van der Waals surface area contributed by atoms with Gasteiger partial charge in [0.15, 0.2) is 6.61 Å². The first-order valence-corrected chi connectivity index (χ1v) is 5.14. The quantitative estimate of drug-likeness (QED) is 0.685. The van der Waals surface area contributed by atoms with Gasteiger partial charge >= 0.3 is 14.8 Å². The molecular weight excluding hydrogens is 220 g/mol. The van der Waals surface area contributed by atoms with Gasteiger partial charge in [-0.2, -0.15) is 13.2 Å². The third-order valence-corrected chi connectivity index (χ3v) is 2.47. The van der Waals surface area contributed by atoms with Crippen molar-refractivity contribution in [2.45, 2.75) is 20.0 Å². The van der Waals surface area contributed by atoms with Crippen LogP contribution in [0.2, 0.25) is 0 Å². The second-order valence-corrected chi connectivity index (χ2v) is 5.05. The first-order valence-electron chi connectivity index (χ1n) is 4.04. The van der Waals surface area contributed by atoms with E-state index in [0.717, 1.165) is 0 Å². The van der Waals surface area contributed by atoms with Gasteiger partial charge < -0.3 is 13.6 Å². The van der Waals surface area contributed by atoms with Crippen molar-refractivity contribution < 1.29 is 26.7 Å². The second-order valence-electron chi connectivity index (χ2n) is 3.82. The minimum Gasteiger partial charge on any atom is -0.312 e. The maximum absolute atomic E-state index is 11.7. The molecule has 1 fully saturated rings. The molecule has 1 aliphatic rings. The third-order valence-electron chi connectivity index (χ3n) is 1.46. The fraction of sp³-hybridized carbons (Fsp3) is 1.00. The Morgan fingerprint density at radius 1 is 1.29 bits per heavy atom. The molecular formula is C7H12F3O3P. The Kier molecular flexibility index (Phi) is 3.75. The Hall–Kier alpha value is 0.100. The van der Waals surface area contributed by atoms with Gasteiger partial charge in [0, 0.05) is 5.41 Å². The van der Waals surface area contributed by atoms with Gasteiger partial charge in [-0.05, 0) is 0 Å². The highest BCUT2D eigenvalue weighted by molar-refractivity contribution is 7.41. The second kappa shape index (κ2) is 4.31. The molecule has 1 saturated heterocycles. The molecule has 0 saturated carbocycles. The Morgan fingerprint density at radius 3 is 2.21 bits per heavy atom. The van der Waals surface area contributed by atoms with Gasteiger partial charge in [0.05, 0.1) is 13.2 Å². The standard InChI is InChI=1S/C7H12F3O3P/c1-6(2)3-11-14(12-4-6)13-5-7(8,9)10/h3-5H2,1-2H3. The number of hydrogen-bond donors (Lipinski definition) is 0. The molecule has 14 heavy (non-hydrogen) atoms. The SMILES string of the molecule is CC1(C)COP(OCC(F)(F)F)OC1. The van der Waals surface area contributed by atoms with E-state index in [0.29, 0.717) is 13.2 Å². The lowest BCUT2D eigenvalue weighted by Gasteiger charge is -2.32. The number of halogens is 3. The molecule has 0 bridgehead atoms. The van der Waals surface area contributed by atoms with E-state index in [9.17, 15) is 13.2 Å². The summed E-state index contributed by atoms with van der Waals surface area (Å²) < 4.78 is 49.7. The Balaban J connectivity index is 2.23. The van der Waals surface area contributed by atoms with Gasteiger partial charge in [-0.15, -0.1) is 0 Å². The molecule has 1 heterocycles. The fourth-order valence-electron chi connectivity index (χ4n) is 0.734. The Bertz CT molecular complexity index is 185. The van der Waals surface area contributed by atoms with Crippen molar-refractivity contribution in [3.63, 3.8) is 0 Å². The fourth-order valence-corrected chi connectivity index (χ4v) is 2.12. The van der Waals surface area contributed by atoms with Crippen LogP contribution in [0.5, 0.6) is 0 Å². The van der Waals surface area contributed by atoms with Crippen molar-refractivity contribution in [2.24, 2.45) is 5.41 Å². The van der Waals surface area contributed by atoms with Gasteiger partial charge in [-0.1, -0.05) is 13.8 Å². The lowest BCUT2D eigenvalue weighted by atomic mass is 9.97. The highest BCUT2D eigenvalue weighted by Crippen LogP contribution is 2.47. The summed E-state index contributed by atoms with van der Waals surface area (Å²) in [6.07, 6.45) is -4.33. The lowest BCUT2D eigenvalue weighted by molar-refractivity contribution is -0.157. The first kappa shape index (κ1) is 12.2. The van der Waals surface area contributed by atoms with Crippen LogP contribution < -0.4 is 0 Å². The maximum atomic E-state index is 11.7. The summed E-state index contributed by atoms with van der Waals surface area (Å²) in [6, 6.07) is 0. The molecule has 0 aromatic rings. The summed E-state index contributed by atoms with van der Waals surface area (Å²) in [5.74, 6) is 0. The zero-order chi connectivity index (χ0) is 10.8. The van der Waals surface area contributed by atoms with Crippen LogP contribution in [0.1, 0.15) is 13.8 Å². The van der Waals surface area contributed by atoms with E-state index in [1.807, 2.05) is 13.8 Å². The van der Waals surface area contributed by atoms with E-state index < -0.39 is 21.4 Å². The van der Waals surface area contributed by atoms with Crippen molar-refractivity contribution in [1.29, 1.82) is 0 Å². The van der Waals surface area contributed by atoms with Gasteiger partial charge in [-0.25, -0.2) is 0 Å². The van der Waals surface area contributed by atoms with Crippen molar-refractivity contribution in [1.82, 2.24) is 0 Å². The van der Waals surface area contributed by atoms with Crippen molar-refractivity contribution in [3.05, 3.63) is 0 Å². The first-order chi connectivity index (χ1) is 6.29. The van der Waals surface area contributed by atoms with Crippen LogP contribution in [-0.4, -0.2) is 26.0 Å². The molecule has 7 heteroatoms. The van der Waals surface area contributed by atoms with E-state index in [1.54, 1.807) is 0 Å². The third kappa shape index (κ3) is 4.55. The molecule has 0 aromatic carbocycles. The number of alkyl halides is 3. The molecule has 1 rings (SSSR count). The average Bonchev–Trinajstić information content (AvgIpc) is 2.01. The molecule has 0 amide bonds. The van der Waals surface area contributed by atoms with Crippen LogP contribution in [0.3, 0.4) is 0 Å². The Morgan fingerprint density at radius 2 is 1.79 bits per heavy atom. The molecule has 84 valence electrons. The van der Waals surface area contributed by atoms with E-state index >= 15 is 0 Å². The predicted octanol–water partition coefficient (Wildman–Crippen LogP) is 2.87. The molecule has 3 nitrogen and oxygen atoms in total. The van der Waals surface area contributed by atoms with Crippen LogP contribution in [0.25, 0.3) is 0 Å². The molecule has 0 aliphatic carbocycles. The minimum absolute atomic E-state index is 0.152. The van der Waals surface area contributed by atoms with Gasteiger partial charge in [-0.3, -0.25) is 0 Å². The molecule has 0 atom stereocenters. The van der Waals surface area contributed by atoms with Crippen molar-refractivity contribution in [2.75, 3.05) is 19.8 Å². The molecule has 0 aromatic heterocycles. The lowest BCUT2D eigenvalue weighted by Crippen LogP contribution is -2.29. The van der Waals surface area contributed by atoms with Crippen LogP contribution in [0.4, 0.5) is 13.2 Å². The van der Waals surface area contributed by atoms with Crippen LogP contribution in [0.15, 0.2) is 0 Å². The monoisotopic (exact) mass is 232 g/mol. The summed E-state index contributed by atoms with van der Waals surface area (Å²) in [6.45, 7) is 3.21. The largest absolute Gasteiger partial charge is 0.412 e. The number of rotatable bonds is 2. The zero-order valence-electron chi connectivity index (χ0n) is 7.93. The predicted molar refractivity (Wildman–Crippen MR) is 44.6 cm³/mol. The van der Waals surface area contributed by atoms with Crippen LogP contribution >= 0.6 is 8.60 Å². The maximum Gasteiger partial charge on any atom is 0.412 e. The highest BCUT2D eigenvalue weighted by atomic mass is 31.2. The van der Waals surface area contributed by atoms with Gasteiger partial charge in [0.2, 0.25) is 0 Å². The van der Waals surface area contributed by atoms with Gasteiger partial charge in [0.25, 0.3) is 0 Å². The highest BCUT2D eigenvalue weighted by Gasteiger charge is 2.34. The summed E-state index contributed by atoms with van der Waals surface area (Å²) >= 11 is 0. The average molecular weight is 232 g/mol. The molecule has 0 N–H and O–H groups in total. The normalized spacial score (nSPS) is 23.8. The van der Waals surface area contributed by atoms with Crippen molar-refractivity contribution >= 4 is 8.60 Å². The molecule has 0 spiro atoms. The topological polar surface area (TPSA) is 27.7 Å². The summed E-state index contributed by atoms with van der Waals surface area (Å²) in [7, 11) is -1.81. The number of hydrogen-bond acceptors (Lipinski definition) is 3. The smallest absolute Gasteiger partial charge is 0.312 e. The molecule has 0 radical (unpaired) electrons. The Labute approximate surface area is 81.5 Å². The van der Waals surface area contributed by atoms with E-state index in [1.165, 1.54) is 0 Å². The summed E-state index contributed by atoms with van der Waals surface area (Å²) in [4.78, 5) is 0. The summed E-state index contributed by atoms with van der Waals surface area (Å²) in [5.41, 5.74) is -0.152. The van der Waals surface area contributed by atoms with Crippen LogP contribution in [-0.2, 0) is 13.6 Å². The van der Waals surface area contributed by atoms with E-state index in [-0.39, 0.29) is 5.41 Å². The van der Waals surface area contributed by atoms with E-state index in [2.05, 4.69) is 4.52 Å². The van der Waals surface area contributed by atoms with Crippen molar-refractivity contribution in [3.8, 4) is 0 Å². The molecule has 0 unspecified atom stereocenters. The van der Waals surface area contributed by atoms with E-state index in [4.69, 9.17) is 9.05 Å². The minimum atomic E-state index is -4.33. The molecule has 1 aliphatic heterocycles. The van der Waals surface area contributed by atoms with Gasteiger partial charge in [0.1, 0.15) is 0 Å². The summed E-state index contributed by atoms with van der Waals surface area (Å²) in [5, 5.41) is 0. The zero-order valence-corrected chi connectivity index (χ0v) is 8.82. The van der Waals surface area contributed by atoms with Crippen LogP contribution in [0, 0.1) is 5.41 Å².